The highest BCUT2D eigenvalue weighted by atomic mass is 32.2. The van der Waals surface area contributed by atoms with Gasteiger partial charge in [0.25, 0.3) is 0 Å². The second kappa shape index (κ2) is 9.38. The molecule has 0 bridgehead atoms. The number of benzene rings is 2. The summed E-state index contributed by atoms with van der Waals surface area (Å²) in [6.07, 6.45) is 1.07. The summed E-state index contributed by atoms with van der Waals surface area (Å²) in [6.45, 7) is 7.46. The summed E-state index contributed by atoms with van der Waals surface area (Å²) in [7, 11) is -0.781. The topological polar surface area (TPSA) is 84.9 Å². The fourth-order valence-electron chi connectivity index (χ4n) is 3.22. The van der Waals surface area contributed by atoms with Crippen LogP contribution in [-0.4, -0.2) is 40.8 Å². The first-order valence-corrected chi connectivity index (χ1v) is 11.4. The average Bonchev–Trinajstić information content (AvgIpc) is 2.68. The lowest BCUT2D eigenvalue weighted by Crippen LogP contribution is -2.48. The van der Waals surface area contributed by atoms with Gasteiger partial charge in [0, 0.05) is 6.07 Å². The van der Waals surface area contributed by atoms with Crippen molar-refractivity contribution in [2.45, 2.75) is 39.8 Å². The number of methoxy groups -OCH3 is 2. The van der Waals surface area contributed by atoms with Crippen LogP contribution in [0.2, 0.25) is 0 Å². The lowest BCUT2D eigenvalue weighted by molar-refractivity contribution is -0.122. The van der Waals surface area contributed by atoms with Crippen LogP contribution in [0.3, 0.4) is 0 Å². The molecule has 0 fully saturated rings. The molecule has 0 aliphatic rings. The van der Waals surface area contributed by atoms with E-state index in [-0.39, 0.29) is 6.04 Å². The van der Waals surface area contributed by atoms with Crippen LogP contribution in [0.15, 0.2) is 36.4 Å². The highest BCUT2D eigenvalue weighted by Crippen LogP contribution is 2.33. The predicted octanol–water partition coefficient (Wildman–Crippen LogP) is 3.35. The van der Waals surface area contributed by atoms with Crippen molar-refractivity contribution in [1.29, 1.82) is 0 Å². The zero-order valence-corrected chi connectivity index (χ0v) is 19.3. The van der Waals surface area contributed by atoms with Crippen LogP contribution in [-0.2, 0) is 14.8 Å². The molecule has 1 N–H and O–H groups in total. The van der Waals surface area contributed by atoms with Crippen molar-refractivity contribution in [1.82, 2.24) is 5.32 Å². The molecule has 0 saturated carbocycles. The van der Waals surface area contributed by atoms with Crippen LogP contribution in [0.4, 0.5) is 5.69 Å². The van der Waals surface area contributed by atoms with E-state index in [4.69, 9.17) is 9.47 Å². The molecule has 30 heavy (non-hydrogen) atoms. The van der Waals surface area contributed by atoms with Gasteiger partial charge in [0.15, 0.2) is 11.5 Å². The minimum atomic E-state index is -3.74. The predicted molar refractivity (Wildman–Crippen MR) is 119 cm³/mol. The number of sulfonamides is 1. The van der Waals surface area contributed by atoms with Crippen LogP contribution >= 0.6 is 0 Å². The van der Waals surface area contributed by atoms with Crippen LogP contribution < -0.4 is 19.1 Å². The number of anilines is 1. The van der Waals surface area contributed by atoms with E-state index in [2.05, 4.69) is 5.32 Å². The first-order valence-electron chi connectivity index (χ1n) is 9.58. The monoisotopic (exact) mass is 434 g/mol. The lowest BCUT2D eigenvalue weighted by atomic mass is 10.0. The normalized spacial score (nSPS) is 13.3. The molecule has 0 saturated heterocycles. The van der Waals surface area contributed by atoms with Gasteiger partial charge in [-0.2, -0.15) is 0 Å². The van der Waals surface area contributed by atoms with E-state index >= 15 is 0 Å². The Morgan fingerprint density at radius 1 is 0.967 bits per heavy atom. The Bertz CT molecular complexity index is 1020. The maximum atomic E-state index is 12.9. The molecule has 2 aromatic carbocycles. The van der Waals surface area contributed by atoms with E-state index in [9.17, 15) is 13.2 Å². The van der Waals surface area contributed by atoms with Gasteiger partial charge in [0.1, 0.15) is 6.04 Å². The van der Waals surface area contributed by atoms with Crippen LogP contribution in [0.1, 0.15) is 36.6 Å². The molecule has 0 aliphatic carbocycles. The minimum absolute atomic E-state index is 0.272. The summed E-state index contributed by atoms with van der Waals surface area (Å²) in [4.78, 5) is 12.9. The third kappa shape index (κ3) is 5.24. The Kier molecular flexibility index (Phi) is 7.36. The fourth-order valence-corrected chi connectivity index (χ4v) is 4.39. The van der Waals surface area contributed by atoms with Gasteiger partial charge >= 0.3 is 0 Å². The molecule has 7 nitrogen and oxygen atoms in total. The number of carbonyl (C=O) groups excluding carboxylic acids is 1. The molecule has 2 aromatic rings. The molecular formula is C22H30N2O5S. The van der Waals surface area contributed by atoms with Crippen molar-refractivity contribution < 1.29 is 22.7 Å². The van der Waals surface area contributed by atoms with Crippen molar-refractivity contribution >= 4 is 21.6 Å². The lowest BCUT2D eigenvalue weighted by Gasteiger charge is -2.29. The molecule has 8 heteroatoms. The van der Waals surface area contributed by atoms with E-state index in [0.29, 0.717) is 17.2 Å². The molecule has 0 aromatic heterocycles. The van der Waals surface area contributed by atoms with Crippen LogP contribution in [0.25, 0.3) is 0 Å². The summed E-state index contributed by atoms with van der Waals surface area (Å²) in [5.74, 6) is 0.441. The van der Waals surface area contributed by atoms with Crippen molar-refractivity contribution in [3.8, 4) is 11.5 Å². The van der Waals surface area contributed by atoms with Crippen molar-refractivity contribution in [2.24, 2.45) is 0 Å². The summed E-state index contributed by atoms with van der Waals surface area (Å²) >= 11 is 0. The van der Waals surface area contributed by atoms with E-state index < -0.39 is 22.0 Å². The summed E-state index contributed by atoms with van der Waals surface area (Å²) < 4.78 is 36.7. The standard InChI is InChI=1S/C22H30N2O5S/c1-14-8-9-18(12-15(14)2)16(3)23-22(25)17(4)24(30(7,26)27)19-10-11-20(28-5)21(13-19)29-6/h8-13,16-17H,1-7H3,(H,23,25)/t16-,17-/m1/s1. The number of carbonyl (C=O) groups is 1. The van der Waals surface area contributed by atoms with Gasteiger partial charge in [-0.3, -0.25) is 9.10 Å². The number of ether oxygens (including phenoxy) is 2. The molecule has 0 heterocycles. The number of nitrogens with zero attached hydrogens (tertiary/aromatic N) is 1. The SMILES string of the molecule is COc1ccc(N([C@H](C)C(=O)N[C@H](C)c2ccc(C)c(C)c2)S(C)(=O)=O)cc1OC. The molecule has 1 amide bonds. The Morgan fingerprint density at radius 2 is 1.60 bits per heavy atom. The van der Waals surface area contributed by atoms with E-state index in [1.165, 1.54) is 25.8 Å². The number of nitrogens with one attached hydrogen (secondary N) is 1. The molecule has 164 valence electrons. The smallest absolute Gasteiger partial charge is 0.244 e. The molecule has 2 rings (SSSR count). The maximum Gasteiger partial charge on any atom is 0.244 e. The Hall–Kier alpha value is -2.74. The highest BCUT2D eigenvalue weighted by Gasteiger charge is 2.30. The van der Waals surface area contributed by atoms with Crippen LogP contribution in [0, 0.1) is 13.8 Å². The number of rotatable bonds is 8. The highest BCUT2D eigenvalue weighted by molar-refractivity contribution is 7.92. The van der Waals surface area contributed by atoms with E-state index in [1.54, 1.807) is 19.1 Å². The first-order chi connectivity index (χ1) is 14.0. The van der Waals surface area contributed by atoms with Crippen molar-refractivity contribution in [3.05, 3.63) is 53.1 Å². The first kappa shape index (κ1) is 23.5. The zero-order valence-electron chi connectivity index (χ0n) is 18.5. The molecule has 0 aliphatic heterocycles. The Labute approximate surface area is 179 Å². The van der Waals surface area contributed by atoms with Crippen molar-refractivity contribution in [2.75, 3.05) is 24.8 Å². The zero-order chi connectivity index (χ0) is 22.6. The number of aryl methyl sites for hydroxylation is 2. The van der Waals surface area contributed by atoms with Gasteiger partial charge in [-0.1, -0.05) is 18.2 Å². The van der Waals surface area contributed by atoms with Gasteiger partial charge in [-0.05, 0) is 56.5 Å². The van der Waals surface area contributed by atoms with Gasteiger partial charge in [-0.15, -0.1) is 0 Å². The maximum absolute atomic E-state index is 12.9. The fraction of sp³-hybridized carbons (Fsp3) is 0.409. The molecule has 0 spiro atoms. The van der Waals surface area contributed by atoms with Gasteiger partial charge in [0.05, 0.1) is 32.2 Å². The van der Waals surface area contributed by atoms with E-state index in [1.807, 2.05) is 39.0 Å². The average molecular weight is 435 g/mol. The Balaban J connectivity index is 2.32. The van der Waals surface area contributed by atoms with E-state index in [0.717, 1.165) is 21.7 Å². The molecule has 2 atom stereocenters. The minimum Gasteiger partial charge on any atom is -0.493 e. The number of hydrogen-bond acceptors (Lipinski definition) is 5. The number of hydrogen-bond donors (Lipinski definition) is 1. The second-order valence-corrected chi connectivity index (χ2v) is 9.21. The summed E-state index contributed by atoms with van der Waals surface area (Å²) in [5.41, 5.74) is 3.57. The number of amides is 1. The molecule has 0 unspecified atom stereocenters. The third-order valence-corrected chi connectivity index (χ3v) is 6.34. The Morgan fingerprint density at radius 3 is 2.13 bits per heavy atom. The van der Waals surface area contributed by atoms with Crippen LogP contribution in [0.5, 0.6) is 11.5 Å². The van der Waals surface area contributed by atoms with Gasteiger partial charge < -0.3 is 14.8 Å². The molecule has 0 radical (unpaired) electrons. The van der Waals surface area contributed by atoms with Crippen molar-refractivity contribution in [3.63, 3.8) is 0 Å². The third-order valence-electron chi connectivity index (χ3n) is 5.10. The van der Waals surface area contributed by atoms with Gasteiger partial charge in [0.2, 0.25) is 15.9 Å². The summed E-state index contributed by atoms with van der Waals surface area (Å²) in [5, 5.41) is 2.92. The quantitative estimate of drug-likeness (QED) is 0.689. The summed E-state index contributed by atoms with van der Waals surface area (Å²) in [6, 6.07) is 9.47. The largest absolute Gasteiger partial charge is 0.493 e. The molecular weight excluding hydrogens is 404 g/mol. The van der Waals surface area contributed by atoms with Gasteiger partial charge in [-0.25, -0.2) is 8.42 Å². The second-order valence-electron chi connectivity index (χ2n) is 7.35.